The predicted octanol–water partition coefficient (Wildman–Crippen LogP) is 5.26. The van der Waals surface area contributed by atoms with Crippen molar-refractivity contribution < 1.29 is 13.9 Å². The second-order valence-electron chi connectivity index (χ2n) is 9.33. The smallest absolute Gasteiger partial charge is 0.247 e. The Morgan fingerprint density at radius 2 is 2.14 bits per heavy atom. The molecule has 35 heavy (non-hydrogen) atoms. The Morgan fingerprint density at radius 3 is 2.94 bits per heavy atom. The highest BCUT2D eigenvalue weighted by Gasteiger charge is 2.41. The largest absolute Gasteiger partial charge is 0.491 e. The first-order valence-corrected chi connectivity index (χ1v) is 12.0. The second-order valence-corrected chi connectivity index (χ2v) is 9.74. The lowest BCUT2D eigenvalue weighted by Crippen LogP contribution is -2.23. The van der Waals surface area contributed by atoms with Gasteiger partial charge in [-0.25, -0.2) is 14.4 Å². The molecule has 2 fully saturated rings. The number of fused-ring (bicyclic) bond motifs is 2. The molecule has 2 aromatic carbocycles. The van der Waals surface area contributed by atoms with E-state index in [9.17, 15) is 9.18 Å². The molecular weight excluding hydrogens is 469 g/mol. The summed E-state index contributed by atoms with van der Waals surface area (Å²) in [6.07, 6.45) is 5.04. The van der Waals surface area contributed by atoms with Gasteiger partial charge in [0.1, 0.15) is 23.7 Å². The fourth-order valence-corrected chi connectivity index (χ4v) is 5.48. The molecule has 3 atom stereocenters. The van der Waals surface area contributed by atoms with Crippen molar-refractivity contribution in [1.29, 1.82) is 0 Å². The number of rotatable bonds is 7. The van der Waals surface area contributed by atoms with Gasteiger partial charge in [-0.15, -0.1) is 0 Å². The number of amides is 1. The predicted molar refractivity (Wildman–Crippen MR) is 136 cm³/mol. The van der Waals surface area contributed by atoms with Crippen molar-refractivity contribution in [1.82, 2.24) is 14.9 Å². The second kappa shape index (κ2) is 9.79. The fraction of sp³-hybridized carbons (Fsp3) is 0.346. The minimum absolute atomic E-state index is 0.00518. The Bertz CT molecular complexity index is 1290. The molecule has 3 unspecified atom stereocenters. The van der Waals surface area contributed by atoms with Crippen LogP contribution in [0.3, 0.4) is 0 Å². The van der Waals surface area contributed by atoms with Crippen LogP contribution in [0.1, 0.15) is 12.8 Å². The van der Waals surface area contributed by atoms with Gasteiger partial charge in [0.2, 0.25) is 5.91 Å². The molecule has 9 heteroatoms. The first-order chi connectivity index (χ1) is 16.9. The molecule has 2 heterocycles. The van der Waals surface area contributed by atoms with E-state index in [2.05, 4.69) is 39.1 Å². The average Bonchev–Trinajstić information content (AvgIpc) is 3.39. The third kappa shape index (κ3) is 4.94. The van der Waals surface area contributed by atoms with Gasteiger partial charge >= 0.3 is 0 Å². The molecule has 7 nitrogen and oxygen atoms in total. The first kappa shape index (κ1) is 23.5. The van der Waals surface area contributed by atoms with Crippen LogP contribution in [-0.4, -0.2) is 47.5 Å². The minimum Gasteiger partial charge on any atom is -0.491 e. The van der Waals surface area contributed by atoms with E-state index in [-0.39, 0.29) is 10.9 Å². The summed E-state index contributed by atoms with van der Waals surface area (Å²) in [4.78, 5) is 23.3. The zero-order valence-corrected chi connectivity index (χ0v) is 20.2. The van der Waals surface area contributed by atoms with Gasteiger partial charge in [-0.3, -0.25) is 4.79 Å². The monoisotopic (exact) mass is 495 g/mol. The summed E-state index contributed by atoms with van der Waals surface area (Å²) in [6.45, 7) is 6.40. The number of benzene rings is 2. The van der Waals surface area contributed by atoms with Crippen molar-refractivity contribution in [2.24, 2.45) is 17.8 Å². The van der Waals surface area contributed by atoms with E-state index in [4.69, 9.17) is 16.3 Å². The van der Waals surface area contributed by atoms with Crippen LogP contribution >= 0.6 is 11.6 Å². The Labute approximate surface area is 208 Å². The van der Waals surface area contributed by atoms with Crippen molar-refractivity contribution in [2.45, 2.75) is 12.8 Å². The standard InChI is InChI=1S/C26H27ClFN5O2/c1-3-25(34)32-23-9-18-22(29-14-30-26(18)31-17-6-7-21(28)20(27)8-17)10-24(23)35-13-16-5-4-15-11-33(2)12-19(15)16/h3,6-10,14-16,19H,1,4-5,11-13H2,2H3,(H,32,34)(H,29,30,31). The SMILES string of the molecule is C=CC(=O)Nc1cc2c(Nc3ccc(F)c(Cl)c3)ncnc2cc1OCC1CCC2CN(C)CC12. The summed E-state index contributed by atoms with van der Waals surface area (Å²) >= 11 is 5.92. The number of hydrogen-bond acceptors (Lipinski definition) is 6. The summed E-state index contributed by atoms with van der Waals surface area (Å²) < 4.78 is 19.9. The molecule has 3 aromatic rings. The number of halogens is 2. The maximum Gasteiger partial charge on any atom is 0.247 e. The van der Waals surface area contributed by atoms with Crippen LogP contribution in [0, 0.1) is 23.6 Å². The molecule has 1 amide bonds. The molecule has 182 valence electrons. The Hall–Kier alpha value is -3.23. The van der Waals surface area contributed by atoms with Crippen LogP contribution in [0.15, 0.2) is 49.3 Å². The van der Waals surface area contributed by atoms with E-state index in [1.54, 1.807) is 12.1 Å². The number of carbonyl (C=O) groups is 1. The highest BCUT2D eigenvalue weighted by molar-refractivity contribution is 6.31. The highest BCUT2D eigenvalue weighted by atomic mass is 35.5. The van der Waals surface area contributed by atoms with Gasteiger partial charge in [-0.1, -0.05) is 18.2 Å². The molecule has 2 aliphatic rings. The molecule has 2 N–H and O–H groups in total. The number of ether oxygens (including phenoxy) is 1. The summed E-state index contributed by atoms with van der Waals surface area (Å²) in [5.74, 6) is 2.07. The molecule has 0 bridgehead atoms. The molecule has 1 aliphatic heterocycles. The van der Waals surface area contributed by atoms with Crippen molar-refractivity contribution in [3.05, 3.63) is 60.2 Å². The molecule has 0 radical (unpaired) electrons. The van der Waals surface area contributed by atoms with Gasteiger partial charge in [0, 0.05) is 30.2 Å². The number of hydrogen-bond donors (Lipinski definition) is 2. The van der Waals surface area contributed by atoms with Gasteiger partial charge in [0.25, 0.3) is 0 Å². The van der Waals surface area contributed by atoms with Crippen molar-refractivity contribution >= 4 is 45.6 Å². The molecule has 1 aromatic heterocycles. The molecule has 0 spiro atoms. The van der Waals surface area contributed by atoms with Crippen molar-refractivity contribution in [3.8, 4) is 5.75 Å². The normalized spacial score (nSPS) is 21.6. The third-order valence-corrected chi connectivity index (χ3v) is 7.29. The Kier molecular flexibility index (Phi) is 6.58. The molecule has 5 rings (SSSR count). The van der Waals surface area contributed by atoms with E-state index < -0.39 is 5.82 Å². The molecular formula is C26H27ClFN5O2. The number of nitrogens with one attached hydrogen (secondary N) is 2. The fourth-order valence-electron chi connectivity index (χ4n) is 5.30. The molecule has 1 saturated carbocycles. The van der Waals surface area contributed by atoms with Crippen LogP contribution in [0.4, 0.5) is 21.6 Å². The zero-order chi connectivity index (χ0) is 24.5. The van der Waals surface area contributed by atoms with Crippen LogP contribution in [0.5, 0.6) is 5.75 Å². The Morgan fingerprint density at radius 1 is 1.29 bits per heavy atom. The first-order valence-electron chi connectivity index (χ1n) is 11.7. The van der Waals surface area contributed by atoms with Gasteiger partial charge in [0.15, 0.2) is 0 Å². The van der Waals surface area contributed by atoms with E-state index in [0.29, 0.717) is 52.3 Å². The molecule has 1 saturated heterocycles. The van der Waals surface area contributed by atoms with Crippen LogP contribution in [0.2, 0.25) is 5.02 Å². The van der Waals surface area contributed by atoms with E-state index in [0.717, 1.165) is 25.4 Å². The maximum absolute atomic E-state index is 13.6. The third-order valence-electron chi connectivity index (χ3n) is 7.00. The van der Waals surface area contributed by atoms with Crippen molar-refractivity contribution in [3.63, 3.8) is 0 Å². The lowest BCUT2D eigenvalue weighted by molar-refractivity contribution is -0.111. The van der Waals surface area contributed by atoms with Crippen LogP contribution < -0.4 is 15.4 Å². The number of carbonyl (C=O) groups excluding carboxylic acids is 1. The topological polar surface area (TPSA) is 79.4 Å². The maximum atomic E-state index is 13.6. The molecule has 1 aliphatic carbocycles. The van der Waals surface area contributed by atoms with Gasteiger partial charge in [-0.2, -0.15) is 0 Å². The van der Waals surface area contributed by atoms with Crippen molar-refractivity contribution in [2.75, 3.05) is 37.4 Å². The lowest BCUT2D eigenvalue weighted by atomic mass is 9.93. The quantitative estimate of drug-likeness (QED) is 0.435. The summed E-state index contributed by atoms with van der Waals surface area (Å²) in [6, 6.07) is 7.93. The van der Waals surface area contributed by atoms with E-state index in [1.165, 1.54) is 31.0 Å². The summed E-state index contributed by atoms with van der Waals surface area (Å²) in [7, 11) is 2.17. The number of aromatic nitrogens is 2. The van der Waals surface area contributed by atoms with Gasteiger partial charge < -0.3 is 20.3 Å². The summed E-state index contributed by atoms with van der Waals surface area (Å²) in [5.41, 5.74) is 1.73. The van der Waals surface area contributed by atoms with E-state index in [1.807, 2.05) is 6.07 Å². The van der Waals surface area contributed by atoms with E-state index >= 15 is 0 Å². The van der Waals surface area contributed by atoms with Gasteiger partial charge in [0.05, 0.1) is 22.8 Å². The zero-order valence-electron chi connectivity index (χ0n) is 19.4. The minimum atomic E-state index is -0.501. The highest BCUT2D eigenvalue weighted by Crippen LogP contribution is 2.42. The number of anilines is 3. The average molecular weight is 496 g/mol. The van der Waals surface area contributed by atoms with Crippen LogP contribution in [-0.2, 0) is 4.79 Å². The lowest BCUT2D eigenvalue weighted by Gasteiger charge is -2.21. The number of nitrogens with zero attached hydrogens (tertiary/aromatic N) is 3. The summed E-state index contributed by atoms with van der Waals surface area (Å²) in [5, 5.41) is 6.67. The Balaban J connectivity index is 1.44. The van der Waals surface area contributed by atoms with Crippen LogP contribution in [0.25, 0.3) is 10.9 Å². The van der Waals surface area contributed by atoms with Gasteiger partial charge in [-0.05, 0) is 68.0 Å². The number of likely N-dealkylation sites (tertiary alicyclic amines) is 1.